The van der Waals surface area contributed by atoms with E-state index in [1.54, 1.807) is 6.92 Å². The fourth-order valence-electron chi connectivity index (χ4n) is 1.54. The smallest absolute Gasteiger partial charge is 0.249 e. The largest absolute Gasteiger partial charge is 0.376 e. The molecule has 1 saturated heterocycles. The molecule has 0 spiro atoms. The van der Waals surface area contributed by atoms with E-state index in [1.165, 1.54) is 7.11 Å². The quantitative estimate of drug-likeness (QED) is 0.728. The Balaban J connectivity index is 2.31. The summed E-state index contributed by atoms with van der Waals surface area (Å²) < 4.78 is 10.4. The third-order valence-corrected chi connectivity index (χ3v) is 2.62. The summed E-state index contributed by atoms with van der Waals surface area (Å²) in [6.07, 6.45) is 1.90. The predicted octanol–water partition coefficient (Wildman–Crippen LogP) is 0.705. The maximum Gasteiger partial charge on any atom is 0.249 e. The van der Waals surface area contributed by atoms with E-state index in [-0.39, 0.29) is 24.2 Å². The SMILES string of the molecule is COC(C)C(=O)NC(C)C1CCCO1. The van der Waals surface area contributed by atoms with Gasteiger partial charge in [0.2, 0.25) is 5.91 Å². The van der Waals surface area contributed by atoms with Crippen molar-refractivity contribution < 1.29 is 14.3 Å². The van der Waals surface area contributed by atoms with Gasteiger partial charge in [0, 0.05) is 13.7 Å². The molecular formula is C10H19NO3. The first-order chi connectivity index (χ1) is 6.65. The fraction of sp³-hybridized carbons (Fsp3) is 0.900. The van der Waals surface area contributed by atoms with E-state index in [0.29, 0.717) is 0 Å². The highest BCUT2D eigenvalue weighted by Gasteiger charge is 2.24. The number of hydrogen-bond donors (Lipinski definition) is 1. The lowest BCUT2D eigenvalue weighted by Gasteiger charge is -2.21. The molecule has 1 aliphatic rings. The Kier molecular flexibility index (Phi) is 4.35. The van der Waals surface area contributed by atoms with Gasteiger partial charge >= 0.3 is 0 Å². The van der Waals surface area contributed by atoms with Crippen LogP contribution in [0.15, 0.2) is 0 Å². The number of amides is 1. The number of rotatable bonds is 4. The molecule has 0 aromatic heterocycles. The van der Waals surface area contributed by atoms with Gasteiger partial charge in [-0.25, -0.2) is 0 Å². The van der Waals surface area contributed by atoms with Gasteiger partial charge in [0.25, 0.3) is 0 Å². The zero-order valence-corrected chi connectivity index (χ0v) is 9.08. The molecule has 1 amide bonds. The second kappa shape index (κ2) is 5.32. The van der Waals surface area contributed by atoms with Crippen LogP contribution in [-0.2, 0) is 14.3 Å². The molecule has 1 rings (SSSR count). The Morgan fingerprint density at radius 1 is 1.57 bits per heavy atom. The Morgan fingerprint density at radius 3 is 2.79 bits per heavy atom. The van der Waals surface area contributed by atoms with E-state index in [1.807, 2.05) is 6.92 Å². The van der Waals surface area contributed by atoms with Gasteiger partial charge in [0.05, 0.1) is 12.1 Å². The van der Waals surface area contributed by atoms with Gasteiger partial charge in [0.1, 0.15) is 6.10 Å². The summed E-state index contributed by atoms with van der Waals surface area (Å²) in [5.74, 6) is -0.0736. The second-order valence-electron chi connectivity index (χ2n) is 3.73. The van der Waals surface area contributed by atoms with Crippen molar-refractivity contribution >= 4 is 5.91 Å². The molecule has 1 aliphatic heterocycles. The lowest BCUT2D eigenvalue weighted by Crippen LogP contribution is -2.45. The minimum atomic E-state index is -0.390. The summed E-state index contributed by atoms with van der Waals surface area (Å²) in [4.78, 5) is 11.4. The van der Waals surface area contributed by atoms with Crippen molar-refractivity contribution in [3.8, 4) is 0 Å². The van der Waals surface area contributed by atoms with E-state index in [0.717, 1.165) is 19.4 Å². The van der Waals surface area contributed by atoms with Crippen LogP contribution < -0.4 is 5.32 Å². The highest BCUT2D eigenvalue weighted by molar-refractivity contribution is 5.80. The third kappa shape index (κ3) is 2.96. The Labute approximate surface area is 85.0 Å². The molecule has 0 aromatic rings. The summed E-state index contributed by atoms with van der Waals surface area (Å²) in [5.41, 5.74) is 0. The molecule has 3 unspecified atom stereocenters. The molecule has 3 atom stereocenters. The Bertz CT molecular complexity index is 190. The van der Waals surface area contributed by atoms with E-state index >= 15 is 0 Å². The lowest BCUT2D eigenvalue weighted by atomic mass is 10.1. The van der Waals surface area contributed by atoms with Gasteiger partial charge in [0.15, 0.2) is 0 Å². The van der Waals surface area contributed by atoms with Crippen molar-refractivity contribution in [1.29, 1.82) is 0 Å². The number of methoxy groups -OCH3 is 1. The summed E-state index contributed by atoms with van der Waals surface area (Å²) in [5, 5.41) is 2.88. The van der Waals surface area contributed by atoms with Crippen molar-refractivity contribution in [3.63, 3.8) is 0 Å². The highest BCUT2D eigenvalue weighted by atomic mass is 16.5. The summed E-state index contributed by atoms with van der Waals surface area (Å²) >= 11 is 0. The number of hydrogen-bond acceptors (Lipinski definition) is 3. The molecule has 1 N–H and O–H groups in total. The van der Waals surface area contributed by atoms with Crippen molar-refractivity contribution in [2.45, 2.75) is 44.9 Å². The van der Waals surface area contributed by atoms with Crippen LogP contribution in [0.1, 0.15) is 26.7 Å². The second-order valence-corrected chi connectivity index (χ2v) is 3.73. The normalized spacial score (nSPS) is 25.8. The van der Waals surface area contributed by atoms with Gasteiger partial charge in [-0.3, -0.25) is 4.79 Å². The zero-order chi connectivity index (χ0) is 10.6. The van der Waals surface area contributed by atoms with Crippen LogP contribution in [0.25, 0.3) is 0 Å². The third-order valence-electron chi connectivity index (χ3n) is 2.62. The summed E-state index contributed by atoms with van der Waals surface area (Å²) in [6.45, 7) is 4.51. The van der Waals surface area contributed by atoms with Crippen LogP contribution in [0, 0.1) is 0 Å². The Hall–Kier alpha value is -0.610. The first-order valence-corrected chi connectivity index (χ1v) is 5.10. The Morgan fingerprint density at radius 2 is 2.29 bits per heavy atom. The number of carbonyl (C=O) groups excluding carboxylic acids is 1. The molecule has 82 valence electrons. The van der Waals surface area contributed by atoms with E-state index in [2.05, 4.69) is 5.32 Å². The van der Waals surface area contributed by atoms with E-state index in [9.17, 15) is 4.79 Å². The zero-order valence-electron chi connectivity index (χ0n) is 9.08. The first kappa shape index (κ1) is 11.5. The highest BCUT2D eigenvalue weighted by Crippen LogP contribution is 2.15. The average Bonchev–Trinajstić information content (AvgIpc) is 2.69. The molecule has 1 heterocycles. The van der Waals surface area contributed by atoms with Gasteiger partial charge in [-0.05, 0) is 26.7 Å². The van der Waals surface area contributed by atoms with E-state index in [4.69, 9.17) is 9.47 Å². The molecule has 14 heavy (non-hydrogen) atoms. The van der Waals surface area contributed by atoms with Crippen LogP contribution in [0.2, 0.25) is 0 Å². The van der Waals surface area contributed by atoms with Crippen molar-refractivity contribution in [2.75, 3.05) is 13.7 Å². The minimum Gasteiger partial charge on any atom is -0.376 e. The maximum absolute atomic E-state index is 11.4. The van der Waals surface area contributed by atoms with Crippen LogP contribution in [-0.4, -0.2) is 37.9 Å². The molecule has 0 aromatic carbocycles. The van der Waals surface area contributed by atoms with Gasteiger partial charge in [-0.15, -0.1) is 0 Å². The van der Waals surface area contributed by atoms with Gasteiger partial charge in [-0.1, -0.05) is 0 Å². The summed E-state index contributed by atoms with van der Waals surface area (Å²) in [7, 11) is 1.53. The van der Waals surface area contributed by atoms with Crippen molar-refractivity contribution in [1.82, 2.24) is 5.32 Å². The number of carbonyl (C=O) groups is 1. The molecule has 0 saturated carbocycles. The van der Waals surface area contributed by atoms with Gasteiger partial charge < -0.3 is 14.8 Å². The molecular weight excluding hydrogens is 182 g/mol. The number of ether oxygens (including phenoxy) is 2. The molecule has 4 heteroatoms. The monoisotopic (exact) mass is 201 g/mol. The molecule has 1 fully saturated rings. The molecule has 0 aliphatic carbocycles. The standard InChI is InChI=1S/C10H19NO3/c1-7(9-5-4-6-14-9)11-10(12)8(2)13-3/h7-9H,4-6H2,1-3H3,(H,11,12). The van der Waals surface area contributed by atoms with Crippen LogP contribution in [0.5, 0.6) is 0 Å². The summed E-state index contributed by atoms with van der Waals surface area (Å²) in [6, 6.07) is 0.0719. The van der Waals surface area contributed by atoms with Crippen LogP contribution >= 0.6 is 0 Å². The van der Waals surface area contributed by atoms with Crippen molar-refractivity contribution in [3.05, 3.63) is 0 Å². The average molecular weight is 201 g/mol. The number of nitrogens with one attached hydrogen (secondary N) is 1. The van der Waals surface area contributed by atoms with Gasteiger partial charge in [-0.2, -0.15) is 0 Å². The van der Waals surface area contributed by atoms with E-state index < -0.39 is 0 Å². The van der Waals surface area contributed by atoms with Crippen molar-refractivity contribution in [2.24, 2.45) is 0 Å². The molecule has 0 radical (unpaired) electrons. The maximum atomic E-state index is 11.4. The van der Waals surface area contributed by atoms with Crippen LogP contribution in [0.4, 0.5) is 0 Å². The molecule has 0 bridgehead atoms. The predicted molar refractivity (Wildman–Crippen MR) is 53.0 cm³/mol. The lowest BCUT2D eigenvalue weighted by molar-refractivity contribution is -0.131. The van der Waals surface area contributed by atoms with Crippen LogP contribution in [0.3, 0.4) is 0 Å². The first-order valence-electron chi connectivity index (χ1n) is 5.10. The molecule has 4 nitrogen and oxygen atoms in total. The minimum absolute atomic E-state index is 0.0719. The fourth-order valence-corrected chi connectivity index (χ4v) is 1.54. The topological polar surface area (TPSA) is 47.6 Å².